The molecule has 0 amide bonds. The molecule has 0 saturated heterocycles. The van der Waals surface area contributed by atoms with Crippen molar-refractivity contribution in [2.45, 2.75) is 9.79 Å². The van der Waals surface area contributed by atoms with Crippen LogP contribution in [-0.4, -0.2) is 74.6 Å². The second-order valence-corrected chi connectivity index (χ2v) is 13.3. The smallest absolute Gasteiger partial charge is 0.744 e. The Morgan fingerprint density at radius 2 is 1.37 bits per heavy atom. The summed E-state index contributed by atoms with van der Waals surface area (Å²) in [6.07, 6.45) is 0. The summed E-state index contributed by atoms with van der Waals surface area (Å²) in [6.45, 7) is 3.30. The number of rotatable bonds is 8. The van der Waals surface area contributed by atoms with Crippen LogP contribution < -0.4 is 94.0 Å². The summed E-state index contributed by atoms with van der Waals surface area (Å²) < 4.78 is 118. The van der Waals surface area contributed by atoms with E-state index in [0.29, 0.717) is 11.1 Å². The van der Waals surface area contributed by atoms with Crippen molar-refractivity contribution in [1.82, 2.24) is 0 Å². The van der Waals surface area contributed by atoms with Crippen LogP contribution in [0.25, 0.3) is 10.8 Å². The zero-order valence-electron chi connectivity index (χ0n) is 27.2. The molecule has 4 aromatic carbocycles. The van der Waals surface area contributed by atoms with Crippen LogP contribution in [0.15, 0.2) is 90.9 Å². The van der Waals surface area contributed by atoms with Gasteiger partial charge >= 0.3 is 99.3 Å². The van der Waals surface area contributed by atoms with Gasteiger partial charge in [0.05, 0.1) is 15.5 Å². The first-order chi connectivity index (χ1) is 22.2. The van der Waals surface area contributed by atoms with E-state index in [-0.39, 0.29) is 145 Å². The number of anilines is 1. The van der Waals surface area contributed by atoms with Crippen LogP contribution in [0.1, 0.15) is 0 Å². The average Bonchev–Trinajstić information content (AvgIpc) is 2.98. The van der Waals surface area contributed by atoms with Crippen LogP contribution in [-0.2, 0) is 58.0 Å². The van der Waals surface area contributed by atoms with Crippen molar-refractivity contribution in [3.05, 3.63) is 73.7 Å². The third kappa shape index (κ3) is 17.4. The Morgan fingerprint density at radius 1 is 0.827 bits per heavy atom. The maximum absolute atomic E-state index is 12.1. The maximum Gasteiger partial charge on any atom is 1.00 e. The molecule has 0 unspecified atom stereocenters. The van der Waals surface area contributed by atoms with E-state index in [1.54, 1.807) is 31.3 Å². The zero-order valence-corrected chi connectivity index (χ0v) is 37.5. The van der Waals surface area contributed by atoms with Gasteiger partial charge in [-0.15, -0.1) is 17.7 Å². The first-order valence-electron chi connectivity index (χ1n) is 12.3. The van der Waals surface area contributed by atoms with Crippen molar-refractivity contribution in [3.8, 4) is 11.5 Å². The van der Waals surface area contributed by atoms with Crippen LogP contribution in [0.2, 0.25) is 0 Å². The Kier molecular flexibility index (Phi) is 25.6. The largest absolute Gasteiger partial charge is 1.00 e. The number of para-hydroxylation sites is 1. The Hall–Kier alpha value is -1.39. The third-order valence-corrected chi connectivity index (χ3v) is 7.92. The number of benzene rings is 4. The molecule has 19 nitrogen and oxygen atoms in total. The predicted octanol–water partition coefficient (Wildman–Crippen LogP) is -5.55. The van der Waals surface area contributed by atoms with Gasteiger partial charge in [0, 0.05) is 41.2 Å². The van der Waals surface area contributed by atoms with Gasteiger partial charge in [0.15, 0.2) is 9.84 Å². The number of hydrogen-bond donors (Lipinski definition) is 4. The van der Waals surface area contributed by atoms with Crippen LogP contribution in [0.4, 0.5) is 28.4 Å². The summed E-state index contributed by atoms with van der Waals surface area (Å²) in [5, 5.41) is 40.2. The van der Waals surface area contributed by atoms with Crippen LogP contribution in [0.3, 0.4) is 0 Å². The van der Waals surface area contributed by atoms with E-state index in [1.165, 1.54) is 18.2 Å². The van der Waals surface area contributed by atoms with Crippen molar-refractivity contribution in [2.24, 2.45) is 20.5 Å². The molecule has 0 aromatic heterocycles. The number of fused-ring (bicyclic) bond motifs is 1. The van der Waals surface area contributed by atoms with E-state index in [9.17, 15) is 31.6 Å². The second-order valence-electron chi connectivity index (χ2n) is 8.58. The molecule has 4 rings (SSSR count). The normalized spacial score (nSPS) is 10.9. The number of nitrogens with zero attached hydrogens (tertiary/aromatic N) is 4. The molecular formula is C25H21CuN5Na3O14S4-. The van der Waals surface area contributed by atoms with Gasteiger partial charge in [-0.25, -0.2) is 25.3 Å². The van der Waals surface area contributed by atoms with Crippen molar-refractivity contribution in [1.29, 1.82) is 0 Å². The summed E-state index contributed by atoms with van der Waals surface area (Å²) in [6, 6.07) is 16.5. The fourth-order valence-corrected chi connectivity index (χ4v) is 5.05. The number of phenolic OH excluding ortho intramolecular Hbond substituents is 2. The topological polar surface area (TPSA) is 322 Å². The number of phenols is 2. The van der Waals surface area contributed by atoms with Gasteiger partial charge in [-0.05, 0) is 36.4 Å². The van der Waals surface area contributed by atoms with Crippen LogP contribution >= 0.6 is 0 Å². The third-order valence-electron chi connectivity index (χ3n) is 5.54. The Balaban J connectivity index is -0.00000166. The van der Waals surface area contributed by atoms with Crippen molar-refractivity contribution >= 4 is 80.2 Å². The van der Waals surface area contributed by atoms with Crippen molar-refractivity contribution in [3.63, 3.8) is 0 Å². The monoisotopic (exact) mass is 875 g/mol. The summed E-state index contributed by atoms with van der Waals surface area (Å²) in [7, 11) is -15.4. The fourth-order valence-electron chi connectivity index (χ4n) is 3.53. The molecule has 4 N–H and O–H groups in total. The van der Waals surface area contributed by atoms with Gasteiger partial charge in [-0.3, -0.25) is 4.55 Å². The minimum atomic E-state index is -5.12. The molecule has 0 fully saturated rings. The van der Waals surface area contributed by atoms with Crippen LogP contribution in [0, 0.1) is 13.0 Å². The number of nitrogens with one attached hydrogen (secondary N) is 1. The summed E-state index contributed by atoms with van der Waals surface area (Å²) in [4.78, 5) is -1.26. The van der Waals surface area contributed by atoms with Gasteiger partial charge in [0.25, 0.3) is 0 Å². The predicted molar refractivity (Wildman–Crippen MR) is 164 cm³/mol. The molecule has 52 heavy (non-hydrogen) atoms. The van der Waals surface area contributed by atoms with E-state index in [2.05, 4.69) is 38.8 Å². The molecule has 0 spiro atoms. The molecule has 0 atom stereocenters. The number of aromatic hydroxyl groups is 2. The van der Waals surface area contributed by atoms with Crippen molar-refractivity contribution in [2.75, 3.05) is 18.1 Å². The van der Waals surface area contributed by atoms with E-state index >= 15 is 0 Å². The molecule has 27 heteroatoms. The SMILES string of the molecule is O=S(=O)([O-])O.O=S(=O)=O.[CH2-]CS(=O)(=O)c1ccc(N=Nc2c(NC)ccc3c(O)c(N=Nc4ccccc4O)[c-]cc23)c(S(=O)(=O)[O-])c1.[Cu].[Na+].[Na+].[Na+]. The standard InChI is InChI=1S/C25H21N5O7S2.Cu.3Na.H2O4S.O3S/c1-3-38(33,34)15-8-11-19(23(14-15)39(35,36)37)28-30-24-16-9-13-21(25(32)17(16)10-12-20(24)26-2)29-27-18-6-4-5-7-22(18)31;;;;;1-5(2,3)4;1-4(2)3/h4-12,14,26,31-32H,1,3H2,2H3,(H,35,36,37);;;;;(H2,1,2,3,4);/q-2;;3*+1;;/p-2. The second kappa shape index (κ2) is 24.2. The molecule has 269 valence electrons. The number of azo groups is 2. The minimum absolute atomic E-state index is 0. The molecule has 0 bridgehead atoms. The summed E-state index contributed by atoms with van der Waals surface area (Å²) >= 11 is 0. The first kappa shape index (κ1) is 55.0. The number of hydrogen-bond acceptors (Lipinski definition) is 18. The van der Waals surface area contributed by atoms with Gasteiger partial charge in [-0.1, -0.05) is 34.7 Å². The van der Waals surface area contributed by atoms with Crippen molar-refractivity contribution < 1.29 is 167 Å². The molecular weight excluding hydrogens is 855 g/mol. The van der Waals surface area contributed by atoms with E-state index in [4.69, 9.17) is 30.1 Å². The van der Waals surface area contributed by atoms with Gasteiger partial charge < -0.3 is 31.6 Å². The molecule has 0 aliphatic rings. The van der Waals surface area contributed by atoms with Crippen LogP contribution in [0.5, 0.6) is 11.5 Å². The molecule has 0 aliphatic heterocycles. The molecule has 4 aromatic rings. The Morgan fingerprint density at radius 3 is 1.87 bits per heavy atom. The number of sulfone groups is 1. The van der Waals surface area contributed by atoms with Gasteiger partial charge in [0.2, 0.25) is 10.4 Å². The summed E-state index contributed by atoms with van der Waals surface area (Å²) in [5.74, 6) is -0.933. The Bertz CT molecular complexity index is 2340. The Labute approximate surface area is 376 Å². The zero-order chi connectivity index (χ0) is 36.4. The fraction of sp³-hybridized carbons (Fsp3) is 0.0800. The van der Waals surface area contributed by atoms with E-state index in [1.807, 2.05) is 0 Å². The first-order valence-corrected chi connectivity index (χ1v) is 17.7. The molecule has 1 radical (unpaired) electrons. The maximum atomic E-state index is 12.1. The molecule has 0 heterocycles. The molecule has 0 saturated carbocycles. The van der Waals surface area contributed by atoms with E-state index < -0.39 is 56.5 Å². The average molecular weight is 876 g/mol. The van der Waals surface area contributed by atoms with Gasteiger partial charge in [-0.2, -0.15) is 27.5 Å². The van der Waals surface area contributed by atoms with E-state index in [0.717, 1.165) is 18.2 Å². The quantitative estimate of drug-likeness (QED) is 0.0422. The van der Waals surface area contributed by atoms with Gasteiger partial charge in [0.1, 0.15) is 27.2 Å². The minimum Gasteiger partial charge on any atom is -0.744 e. The molecule has 0 aliphatic carbocycles. The summed E-state index contributed by atoms with van der Waals surface area (Å²) in [5.41, 5.74) is 0.379.